The topological polar surface area (TPSA) is 54.5 Å². The summed E-state index contributed by atoms with van der Waals surface area (Å²) in [6.45, 7) is 4.92. The Morgan fingerprint density at radius 3 is 3.15 bits per heavy atom. The van der Waals surface area contributed by atoms with E-state index >= 15 is 0 Å². The highest BCUT2D eigenvalue weighted by atomic mass is 79.9. The van der Waals surface area contributed by atoms with Crippen LogP contribution in [0.4, 0.5) is 4.79 Å². The number of amides is 1. The molecule has 5 nitrogen and oxygen atoms in total. The first-order valence-electron chi connectivity index (χ1n) is 6.93. The van der Waals surface area contributed by atoms with Gasteiger partial charge >= 0.3 is 6.09 Å². The number of alkyl carbamates (subject to hydrolysis) is 1. The smallest absolute Gasteiger partial charge is 0.407 e. The summed E-state index contributed by atoms with van der Waals surface area (Å²) in [5.74, 6) is 0. The van der Waals surface area contributed by atoms with Gasteiger partial charge in [0.15, 0.2) is 0 Å². The molecule has 1 amide bonds. The molecule has 1 fully saturated rings. The van der Waals surface area contributed by atoms with Crippen molar-refractivity contribution < 1.29 is 9.53 Å². The van der Waals surface area contributed by atoms with Crippen molar-refractivity contribution >= 4 is 22.0 Å². The van der Waals surface area contributed by atoms with Crippen molar-refractivity contribution in [1.29, 1.82) is 0 Å². The van der Waals surface area contributed by atoms with E-state index in [0.717, 1.165) is 42.6 Å². The molecule has 1 unspecified atom stereocenters. The van der Waals surface area contributed by atoms with E-state index in [1.165, 1.54) is 0 Å². The van der Waals surface area contributed by atoms with Gasteiger partial charge in [-0.25, -0.2) is 4.79 Å². The number of carbonyl (C=O) groups is 1. The van der Waals surface area contributed by atoms with Crippen molar-refractivity contribution in [2.24, 2.45) is 0 Å². The highest BCUT2D eigenvalue weighted by Crippen LogP contribution is 2.14. The van der Waals surface area contributed by atoms with E-state index in [1.807, 2.05) is 25.3 Å². The Kier molecular flexibility index (Phi) is 5.79. The molecule has 0 aliphatic carbocycles. The van der Waals surface area contributed by atoms with Crippen molar-refractivity contribution in [2.75, 3.05) is 19.7 Å². The van der Waals surface area contributed by atoms with E-state index in [2.05, 4.69) is 31.1 Å². The van der Waals surface area contributed by atoms with E-state index in [0.29, 0.717) is 6.61 Å². The fraction of sp³-hybridized carbons (Fsp3) is 0.571. The normalized spacial score (nSPS) is 19.6. The first kappa shape index (κ1) is 15.3. The highest BCUT2D eigenvalue weighted by molar-refractivity contribution is 9.10. The lowest BCUT2D eigenvalue weighted by Crippen LogP contribution is -2.47. The molecule has 2 heterocycles. The van der Waals surface area contributed by atoms with Gasteiger partial charge in [0.1, 0.15) is 0 Å². The number of likely N-dealkylation sites (tertiary alicyclic amines) is 1. The third-order valence-corrected chi connectivity index (χ3v) is 3.75. The number of piperidine rings is 1. The maximum atomic E-state index is 11.4. The lowest BCUT2D eigenvalue weighted by atomic mass is 10.1. The molecular weight excluding hydrogens is 322 g/mol. The number of carbonyl (C=O) groups excluding carboxylic acids is 1. The minimum Gasteiger partial charge on any atom is -0.450 e. The third-order valence-electron chi connectivity index (χ3n) is 3.28. The number of pyridine rings is 1. The number of hydrogen-bond donors (Lipinski definition) is 1. The van der Waals surface area contributed by atoms with Crippen LogP contribution in [0.25, 0.3) is 0 Å². The Hall–Kier alpha value is -1.14. The number of aromatic nitrogens is 1. The van der Waals surface area contributed by atoms with Crippen LogP contribution in [-0.2, 0) is 11.3 Å². The molecule has 6 heteroatoms. The average Bonchev–Trinajstić information content (AvgIpc) is 2.42. The van der Waals surface area contributed by atoms with Gasteiger partial charge in [0, 0.05) is 29.8 Å². The van der Waals surface area contributed by atoms with Crippen LogP contribution in [0.1, 0.15) is 25.5 Å². The highest BCUT2D eigenvalue weighted by Gasteiger charge is 2.22. The number of halogens is 1. The van der Waals surface area contributed by atoms with Gasteiger partial charge in [0.25, 0.3) is 0 Å². The number of nitrogens with one attached hydrogen (secondary N) is 1. The minimum atomic E-state index is -0.318. The predicted molar refractivity (Wildman–Crippen MR) is 80.4 cm³/mol. The van der Waals surface area contributed by atoms with E-state index < -0.39 is 0 Å². The van der Waals surface area contributed by atoms with Gasteiger partial charge in [0.2, 0.25) is 0 Å². The molecule has 1 atom stereocenters. The monoisotopic (exact) mass is 341 g/mol. The molecule has 0 aromatic carbocycles. The Bertz CT molecular complexity index is 439. The van der Waals surface area contributed by atoms with Crippen LogP contribution < -0.4 is 5.32 Å². The molecule has 1 N–H and O–H groups in total. The zero-order valence-corrected chi connectivity index (χ0v) is 13.2. The van der Waals surface area contributed by atoms with Crippen molar-refractivity contribution in [1.82, 2.24) is 15.2 Å². The van der Waals surface area contributed by atoms with Crippen molar-refractivity contribution in [3.05, 3.63) is 28.5 Å². The van der Waals surface area contributed by atoms with Gasteiger partial charge in [-0.1, -0.05) is 0 Å². The lowest BCUT2D eigenvalue weighted by Gasteiger charge is -2.32. The van der Waals surface area contributed by atoms with Crippen LogP contribution in [0, 0.1) is 0 Å². The predicted octanol–water partition coefficient (Wildman–Crippen LogP) is 2.55. The molecule has 0 bridgehead atoms. The molecule has 1 aromatic heterocycles. The summed E-state index contributed by atoms with van der Waals surface area (Å²) >= 11 is 3.38. The maximum absolute atomic E-state index is 11.4. The first-order valence-corrected chi connectivity index (χ1v) is 7.72. The lowest BCUT2D eigenvalue weighted by molar-refractivity contribution is 0.132. The summed E-state index contributed by atoms with van der Waals surface area (Å²) in [6, 6.07) is 4.19. The van der Waals surface area contributed by atoms with E-state index in [4.69, 9.17) is 4.74 Å². The Labute approximate surface area is 127 Å². The summed E-state index contributed by atoms with van der Waals surface area (Å²) < 4.78 is 5.91. The molecule has 20 heavy (non-hydrogen) atoms. The minimum absolute atomic E-state index is 0.165. The van der Waals surface area contributed by atoms with Gasteiger partial charge in [-0.3, -0.25) is 9.88 Å². The molecule has 1 aliphatic heterocycles. The van der Waals surface area contributed by atoms with Gasteiger partial charge in [-0.05, 0) is 54.4 Å². The molecule has 0 spiro atoms. The second-order valence-electron chi connectivity index (χ2n) is 4.91. The number of rotatable bonds is 4. The maximum Gasteiger partial charge on any atom is 0.407 e. The molecule has 0 saturated carbocycles. The van der Waals surface area contributed by atoms with Crippen molar-refractivity contribution in [3.63, 3.8) is 0 Å². The average molecular weight is 342 g/mol. The van der Waals surface area contributed by atoms with Crippen LogP contribution in [0.2, 0.25) is 0 Å². The summed E-state index contributed by atoms with van der Waals surface area (Å²) in [4.78, 5) is 18.1. The molecule has 0 radical (unpaired) electrons. The summed E-state index contributed by atoms with van der Waals surface area (Å²) in [6.07, 6.45) is 3.57. The summed E-state index contributed by atoms with van der Waals surface area (Å²) in [7, 11) is 0. The largest absolute Gasteiger partial charge is 0.450 e. The van der Waals surface area contributed by atoms with Crippen LogP contribution >= 0.6 is 15.9 Å². The molecule has 1 aliphatic rings. The fourth-order valence-corrected chi connectivity index (χ4v) is 2.62. The number of hydrogen-bond acceptors (Lipinski definition) is 4. The van der Waals surface area contributed by atoms with E-state index in [9.17, 15) is 4.79 Å². The second-order valence-corrected chi connectivity index (χ2v) is 5.82. The molecule has 110 valence electrons. The molecule has 1 saturated heterocycles. The Morgan fingerprint density at radius 1 is 1.60 bits per heavy atom. The molecule has 2 rings (SSSR count). The zero-order valence-electron chi connectivity index (χ0n) is 11.6. The zero-order chi connectivity index (χ0) is 14.4. The second kappa shape index (κ2) is 7.59. The van der Waals surface area contributed by atoms with E-state index in [1.54, 1.807) is 0 Å². The first-order chi connectivity index (χ1) is 9.67. The van der Waals surface area contributed by atoms with Gasteiger partial charge in [-0.2, -0.15) is 0 Å². The SMILES string of the molecule is CCOC(=O)NC1CCCN(Cc2ccc(Br)cn2)C1. The summed E-state index contributed by atoms with van der Waals surface area (Å²) in [5, 5.41) is 2.91. The van der Waals surface area contributed by atoms with Crippen LogP contribution in [0.15, 0.2) is 22.8 Å². The number of nitrogens with zero attached hydrogens (tertiary/aromatic N) is 2. The number of ether oxygens (including phenoxy) is 1. The third kappa shape index (κ3) is 4.76. The van der Waals surface area contributed by atoms with Crippen molar-refractivity contribution in [2.45, 2.75) is 32.4 Å². The molecular formula is C14H20BrN3O2. The van der Waals surface area contributed by atoms with Crippen LogP contribution in [-0.4, -0.2) is 41.7 Å². The fourth-order valence-electron chi connectivity index (χ4n) is 2.39. The molecule has 1 aromatic rings. The van der Waals surface area contributed by atoms with Gasteiger partial charge in [0.05, 0.1) is 12.3 Å². The van der Waals surface area contributed by atoms with Crippen molar-refractivity contribution in [3.8, 4) is 0 Å². The van der Waals surface area contributed by atoms with E-state index in [-0.39, 0.29) is 12.1 Å². The standard InChI is InChI=1S/C14H20BrN3O2/c1-2-20-14(19)17-13-4-3-7-18(10-13)9-12-6-5-11(15)8-16-12/h5-6,8,13H,2-4,7,9-10H2,1H3,(H,17,19). The summed E-state index contributed by atoms with van der Waals surface area (Å²) in [5.41, 5.74) is 1.05. The Morgan fingerprint density at radius 2 is 2.45 bits per heavy atom. The Balaban J connectivity index is 1.83. The van der Waals surface area contributed by atoms with Gasteiger partial charge in [-0.15, -0.1) is 0 Å². The quantitative estimate of drug-likeness (QED) is 0.914. The van der Waals surface area contributed by atoms with Crippen LogP contribution in [0.3, 0.4) is 0 Å². The van der Waals surface area contributed by atoms with Gasteiger partial charge < -0.3 is 10.1 Å². The van der Waals surface area contributed by atoms with Crippen LogP contribution in [0.5, 0.6) is 0 Å².